The van der Waals surface area contributed by atoms with E-state index in [-0.39, 0.29) is 5.69 Å². The lowest BCUT2D eigenvalue weighted by atomic mass is 9.33. The minimum absolute atomic E-state index is 0.171. The second kappa shape index (κ2) is 20.3. The Morgan fingerprint density at radius 3 is 1.51 bits per heavy atom. The van der Waals surface area contributed by atoms with Gasteiger partial charge in [-0.2, -0.15) is 0 Å². The van der Waals surface area contributed by atoms with Gasteiger partial charge >= 0.3 is 0 Å². The van der Waals surface area contributed by atoms with E-state index in [0.717, 1.165) is 139 Å². The van der Waals surface area contributed by atoms with Crippen molar-refractivity contribution < 1.29 is 22.5 Å². The van der Waals surface area contributed by atoms with Crippen molar-refractivity contribution in [1.82, 2.24) is 0 Å². The highest BCUT2D eigenvalue weighted by molar-refractivity contribution is 7.00. The number of benzene rings is 13. The summed E-state index contributed by atoms with van der Waals surface area (Å²) >= 11 is 0. The van der Waals surface area contributed by atoms with Gasteiger partial charge in [0.05, 0.1) is 19.4 Å². The summed E-state index contributed by atoms with van der Waals surface area (Å²) in [5.74, 6) is 0. The molecule has 0 saturated heterocycles. The first kappa shape index (κ1) is 41.9. The van der Waals surface area contributed by atoms with E-state index in [1.807, 2.05) is 84.9 Å². The van der Waals surface area contributed by atoms with Gasteiger partial charge in [-0.15, -0.1) is 0 Å². The molecule has 5 nitrogen and oxygen atoms in total. The fourth-order valence-electron chi connectivity index (χ4n) is 13.5. The average molecular weight is 1140 g/mol. The standard InChI is InChI=1S/C82H58BN3O2/c1-82(2,3)58-50-75-79-76(51-58)86(72-46-40-56(53-22-8-4-9-23-53)48-69(72)54-24-10-5-11-25-54)74-52-62(84(59-26-12-6-13-27-59)60-28-14-7-15-29-60)44-45-70(74)83(79)71-49-57(64-33-21-35-68-66-31-17-19-37-78(66)88-81(64)68)41-47-73(71)85(75)61-42-38-55(39-43-61)63-32-20-34-67-65-30-16-18-36-77(65)87-80(63)67/h4-52H,1-3H3/i6D,7D,12D,13D,14D,15D,26D,27D,28D,29D. The van der Waals surface area contributed by atoms with E-state index in [2.05, 4.69) is 176 Å². The number of nitrogens with zero attached hydrogens (tertiary/aromatic N) is 3. The Hall–Kier alpha value is -11.1. The van der Waals surface area contributed by atoms with Crippen LogP contribution in [0.1, 0.15) is 40.0 Å². The van der Waals surface area contributed by atoms with Crippen LogP contribution in [-0.4, -0.2) is 6.71 Å². The molecule has 0 atom stereocenters. The van der Waals surface area contributed by atoms with Gasteiger partial charge in [0, 0.05) is 83.7 Å². The predicted octanol–water partition coefficient (Wildman–Crippen LogP) is 21.0. The zero-order valence-electron chi connectivity index (χ0n) is 58.3. The molecule has 0 N–H and O–H groups in total. The van der Waals surface area contributed by atoms with Gasteiger partial charge in [-0.25, -0.2) is 0 Å². The number of fused-ring (bicyclic) bond motifs is 10. The van der Waals surface area contributed by atoms with E-state index in [1.165, 1.54) is 4.90 Å². The van der Waals surface area contributed by atoms with Crippen LogP contribution in [-0.2, 0) is 5.41 Å². The summed E-state index contributed by atoms with van der Waals surface area (Å²) in [6.45, 7) is 6.08. The lowest BCUT2D eigenvalue weighted by Gasteiger charge is -2.46. The maximum absolute atomic E-state index is 9.56. The monoisotopic (exact) mass is 1140 g/mol. The Bertz CT molecular complexity index is 5730. The van der Waals surface area contributed by atoms with Crippen molar-refractivity contribution in [3.8, 4) is 44.5 Å². The summed E-state index contributed by atoms with van der Waals surface area (Å²) in [4.78, 5) is 5.90. The predicted molar refractivity (Wildman–Crippen MR) is 370 cm³/mol. The molecular formula is C82H58BN3O2. The first-order valence-corrected chi connectivity index (χ1v) is 29.6. The van der Waals surface area contributed by atoms with Gasteiger partial charge in [0.15, 0.2) is 0 Å². The maximum atomic E-state index is 9.56. The topological polar surface area (TPSA) is 36.0 Å². The van der Waals surface area contributed by atoms with Gasteiger partial charge in [-0.3, -0.25) is 0 Å². The summed E-state index contributed by atoms with van der Waals surface area (Å²) in [5.41, 5.74) is 18.4. The minimum atomic E-state index is -0.657. The normalized spacial score (nSPS) is 14.2. The van der Waals surface area contributed by atoms with Crippen molar-refractivity contribution in [2.24, 2.45) is 0 Å². The van der Waals surface area contributed by atoms with Gasteiger partial charge in [-0.1, -0.05) is 227 Å². The molecular weight excluding hydrogens is 1070 g/mol. The molecule has 15 aromatic rings. The lowest BCUT2D eigenvalue weighted by Crippen LogP contribution is -2.61. The highest BCUT2D eigenvalue weighted by Gasteiger charge is 2.45. The van der Waals surface area contributed by atoms with Crippen LogP contribution in [0, 0.1) is 0 Å². The van der Waals surface area contributed by atoms with Crippen LogP contribution in [0.5, 0.6) is 0 Å². The van der Waals surface area contributed by atoms with Gasteiger partial charge in [0.2, 0.25) is 0 Å². The molecule has 0 amide bonds. The number of anilines is 9. The smallest absolute Gasteiger partial charge is 0.252 e. The van der Waals surface area contributed by atoms with Crippen LogP contribution < -0.4 is 31.1 Å². The molecule has 2 aliphatic heterocycles. The van der Waals surface area contributed by atoms with E-state index in [4.69, 9.17) is 17.1 Å². The van der Waals surface area contributed by atoms with Gasteiger partial charge in [-0.05, 0) is 146 Å². The maximum Gasteiger partial charge on any atom is 0.252 e. The molecule has 2 aliphatic rings. The van der Waals surface area contributed by atoms with E-state index in [9.17, 15) is 5.48 Å². The third-order valence-electron chi connectivity index (χ3n) is 17.6. The molecule has 88 heavy (non-hydrogen) atoms. The zero-order valence-corrected chi connectivity index (χ0v) is 48.3. The second-order valence-electron chi connectivity index (χ2n) is 23.7. The number of hydrogen-bond acceptors (Lipinski definition) is 5. The quantitative estimate of drug-likeness (QED) is 0.135. The molecule has 0 saturated carbocycles. The van der Waals surface area contributed by atoms with Crippen molar-refractivity contribution in [3.63, 3.8) is 0 Å². The Labute approximate surface area is 526 Å². The van der Waals surface area contributed by atoms with Crippen molar-refractivity contribution in [2.75, 3.05) is 14.7 Å². The van der Waals surface area contributed by atoms with Crippen LogP contribution in [0.3, 0.4) is 0 Å². The number of rotatable bonds is 9. The van der Waals surface area contributed by atoms with Crippen LogP contribution >= 0.6 is 0 Å². The largest absolute Gasteiger partial charge is 0.455 e. The third-order valence-corrected chi connectivity index (χ3v) is 17.6. The molecule has 0 aliphatic carbocycles. The molecule has 0 fully saturated rings. The van der Waals surface area contributed by atoms with E-state index < -0.39 is 83.9 Å². The van der Waals surface area contributed by atoms with Gasteiger partial charge in [0.25, 0.3) is 6.71 Å². The van der Waals surface area contributed by atoms with Crippen LogP contribution in [0.2, 0.25) is 0 Å². The first-order chi connectivity index (χ1) is 47.4. The molecule has 2 aromatic heterocycles. The Morgan fingerprint density at radius 1 is 0.364 bits per heavy atom. The van der Waals surface area contributed by atoms with E-state index >= 15 is 0 Å². The Kier molecular flexibility index (Phi) is 9.65. The summed E-state index contributed by atoms with van der Waals surface area (Å²) in [5, 5.41) is 4.08. The molecule has 416 valence electrons. The molecule has 0 unspecified atom stereocenters. The number of hydrogen-bond donors (Lipinski definition) is 0. The van der Waals surface area contributed by atoms with Gasteiger partial charge < -0.3 is 23.5 Å². The summed E-state index contributed by atoms with van der Waals surface area (Å²) < 4.78 is 105. The molecule has 4 heterocycles. The van der Waals surface area contributed by atoms with E-state index in [0.29, 0.717) is 5.69 Å². The Balaban J connectivity index is 0.984. The molecule has 0 radical (unpaired) electrons. The lowest BCUT2D eigenvalue weighted by molar-refractivity contribution is 0.590. The fraction of sp³-hybridized carbons (Fsp3) is 0.0488. The molecule has 6 heteroatoms. The fourth-order valence-corrected chi connectivity index (χ4v) is 13.5. The number of furan rings is 2. The summed E-state index contributed by atoms with van der Waals surface area (Å²) in [7, 11) is 0. The van der Waals surface area contributed by atoms with Crippen molar-refractivity contribution in [1.29, 1.82) is 0 Å². The average Bonchev–Trinajstić information content (AvgIpc) is 0.964. The van der Waals surface area contributed by atoms with E-state index in [1.54, 1.807) is 6.07 Å². The van der Waals surface area contributed by atoms with Crippen molar-refractivity contribution >= 4 is 118 Å². The Morgan fingerprint density at radius 2 is 0.886 bits per heavy atom. The van der Waals surface area contributed by atoms with Crippen molar-refractivity contribution in [2.45, 2.75) is 26.2 Å². The molecule has 0 bridgehead atoms. The molecule has 13 aromatic carbocycles. The number of para-hydroxylation sites is 6. The highest BCUT2D eigenvalue weighted by atomic mass is 16.3. The molecule has 17 rings (SSSR count). The molecule has 0 spiro atoms. The van der Waals surface area contributed by atoms with Crippen LogP contribution in [0.4, 0.5) is 51.2 Å². The van der Waals surface area contributed by atoms with Crippen molar-refractivity contribution in [3.05, 3.63) is 303 Å². The van der Waals surface area contributed by atoms with Gasteiger partial charge in [0.1, 0.15) is 22.3 Å². The van der Waals surface area contributed by atoms with Crippen LogP contribution in [0.15, 0.2) is 306 Å². The second-order valence-corrected chi connectivity index (χ2v) is 23.7. The highest BCUT2D eigenvalue weighted by Crippen LogP contribution is 2.51. The third kappa shape index (κ3) is 8.31. The van der Waals surface area contributed by atoms with Crippen LogP contribution in [0.25, 0.3) is 88.4 Å². The SMILES string of the molecule is [2H]c1c([2H])c([2H])c(N(c2ccc3c(c2)N(c2ccc(-c4ccccc4)cc2-c2ccccc2)c2cc(C(C)(C)C)cc4c2B3c2cc(-c3cccc5c3oc3ccccc35)ccc2N4c2ccc(-c3cccc4c3oc3ccccc34)cc2)c2c([2H])c([2H])c([2H])c([2H])c2[2H])c([2H])c1[2H]. The summed E-state index contributed by atoms with van der Waals surface area (Å²) in [6.07, 6.45) is 0. The zero-order chi connectivity index (χ0) is 67.3. The first-order valence-electron chi connectivity index (χ1n) is 34.6. The summed E-state index contributed by atoms with van der Waals surface area (Å²) in [6, 6.07) is 74.9. The minimum Gasteiger partial charge on any atom is -0.455 e.